The molecule has 0 aliphatic carbocycles. The second-order valence-corrected chi connectivity index (χ2v) is 7.42. The number of fused-ring (bicyclic) bond motifs is 3. The van der Waals surface area contributed by atoms with Gasteiger partial charge in [-0.05, 0) is 25.8 Å². The van der Waals surface area contributed by atoms with E-state index in [0.717, 1.165) is 25.0 Å². The Morgan fingerprint density at radius 2 is 2.10 bits per heavy atom. The van der Waals surface area contributed by atoms with Gasteiger partial charge in [0.2, 0.25) is 5.95 Å². The van der Waals surface area contributed by atoms with Crippen LogP contribution in [0.1, 0.15) is 42.0 Å². The number of nitrogens with two attached hydrogens (primary N) is 1. The fourth-order valence-corrected chi connectivity index (χ4v) is 3.92. The summed E-state index contributed by atoms with van der Waals surface area (Å²) in [5.74, 6) is -1.59. The summed E-state index contributed by atoms with van der Waals surface area (Å²) in [5, 5.41) is 8.33. The molecule has 0 radical (unpaired) electrons. The third-order valence-corrected chi connectivity index (χ3v) is 5.50. The van der Waals surface area contributed by atoms with E-state index < -0.39 is 11.6 Å². The number of piperidine rings is 1. The van der Waals surface area contributed by atoms with Crippen LogP contribution in [0.5, 0.6) is 0 Å². The number of benzene rings is 1. The lowest BCUT2D eigenvalue weighted by Gasteiger charge is -2.36. The maximum absolute atomic E-state index is 14.2. The third-order valence-electron chi connectivity index (χ3n) is 5.50. The molecule has 1 saturated heterocycles. The monoisotopic (exact) mass is 413 g/mol. The summed E-state index contributed by atoms with van der Waals surface area (Å²) in [6.45, 7) is 2.34. The second kappa shape index (κ2) is 6.71. The highest BCUT2D eigenvalue weighted by Crippen LogP contribution is 2.31. The minimum Gasteiger partial charge on any atom is -0.368 e. The summed E-state index contributed by atoms with van der Waals surface area (Å²) in [6, 6.07) is 3.43. The Hall–Kier alpha value is -3.63. The van der Waals surface area contributed by atoms with E-state index in [9.17, 15) is 13.6 Å². The number of aromatic nitrogens is 5. The molecule has 4 heterocycles. The molecule has 30 heavy (non-hydrogen) atoms. The molecule has 5 rings (SSSR count). The van der Waals surface area contributed by atoms with Crippen molar-refractivity contribution in [1.82, 2.24) is 29.6 Å². The average molecular weight is 413 g/mol. The fraction of sp³-hybridized carbons (Fsp3) is 0.316. The Bertz CT molecular complexity index is 1270. The minimum atomic E-state index is -0.820. The Balaban J connectivity index is 1.55. The number of amides is 1. The van der Waals surface area contributed by atoms with Gasteiger partial charge in [0.1, 0.15) is 17.6 Å². The molecular formula is C19H17F2N7O2. The first-order valence-electron chi connectivity index (χ1n) is 9.44. The normalized spacial score (nSPS) is 19.6. The smallest absolute Gasteiger partial charge is 0.276 e. The molecule has 154 valence electrons. The number of nitrogen functional groups attached to an aromatic ring is 1. The Morgan fingerprint density at radius 3 is 2.87 bits per heavy atom. The van der Waals surface area contributed by atoms with Crippen LogP contribution in [0, 0.1) is 11.6 Å². The molecular weight excluding hydrogens is 396 g/mol. The fourth-order valence-electron chi connectivity index (χ4n) is 3.92. The number of rotatable bonds is 2. The number of likely N-dealkylation sites (tertiary alicyclic amines) is 1. The van der Waals surface area contributed by atoms with E-state index in [4.69, 9.17) is 10.3 Å². The van der Waals surface area contributed by atoms with Gasteiger partial charge in [-0.1, -0.05) is 5.16 Å². The van der Waals surface area contributed by atoms with Crippen LogP contribution >= 0.6 is 0 Å². The first-order valence-corrected chi connectivity index (χ1v) is 9.44. The molecule has 3 aromatic heterocycles. The van der Waals surface area contributed by atoms with Crippen molar-refractivity contribution in [2.75, 3.05) is 12.3 Å². The van der Waals surface area contributed by atoms with E-state index >= 15 is 0 Å². The number of hydrogen-bond donors (Lipinski definition) is 1. The topological polar surface area (TPSA) is 115 Å². The maximum Gasteiger partial charge on any atom is 0.276 e. The van der Waals surface area contributed by atoms with Gasteiger partial charge < -0.3 is 15.2 Å². The third kappa shape index (κ3) is 2.85. The van der Waals surface area contributed by atoms with E-state index in [1.54, 1.807) is 4.90 Å². The van der Waals surface area contributed by atoms with Gasteiger partial charge in [0, 0.05) is 30.6 Å². The molecule has 1 aromatic carbocycles. The Morgan fingerprint density at radius 1 is 1.27 bits per heavy atom. The van der Waals surface area contributed by atoms with Crippen LogP contribution < -0.4 is 5.73 Å². The zero-order valence-corrected chi connectivity index (χ0v) is 15.9. The summed E-state index contributed by atoms with van der Waals surface area (Å²) in [4.78, 5) is 23.0. The van der Waals surface area contributed by atoms with Gasteiger partial charge in [-0.15, -0.1) is 5.10 Å². The van der Waals surface area contributed by atoms with Gasteiger partial charge in [0.15, 0.2) is 23.0 Å². The number of carbonyl (C=O) groups is 1. The SMILES string of the molecule is C[C@H]1CC[C@@H](c2nc3c4cc(F)cc(F)c4nc(N)n3n2)CN1C(=O)c1ccon1. The molecule has 4 aromatic rings. The molecule has 0 unspecified atom stereocenters. The highest BCUT2D eigenvalue weighted by Gasteiger charge is 2.33. The van der Waals surface area contributed by atoms with Crippen molar-refractivity contribution in [2.24, 2.45) is 0 Å². The van der Waals surface area contributed by atoms with Gasteiger partial charge in [0.25, 0.3) is 5.91 Å². The van der Waals surface area contributed by atoms with E-state index in [1.807, 2.05) is 6.92 Å². The zero-order valence-electron chi connectivity index (χ0n) is 15.9. The van der Waals surface area contributed by atoms with Crippen LogP contribution in [-0.4, -0.2) is 48.1 Å². The van der Waals surface area contributed by atoms with Crippen molar-refractivity contribution in [3.05, 3.63) is 47.6 Å². The largest absolute Gasteiger partial charge is 0.368 e. The van der Waals surface area contributed by atoms with Crippen molar-refractivity contribution in [2.45, 2.75) is 31.7 Å². The predicted molar refractivity (Wildman–Crippen MR) is 102 cm³/mol. The lowest BCUT2D eigenvalue weighted by atomic mass is 9.92. The maximum atomic E-state index is 14.2. The van der Waals surface area contributed by atoms with E-state index in [1.165, 1.54) is 16.8 Å². The summed E-state index contributed by atoms with van der Waals surface area (Å²) in [6.07, 6.45) is 2.83. The number of halogens is 2. The summed E-state index contributed by atoms with van der Waals surface area (Å²) >= 11 is 0. The molecule has 0 bridgehead atoms. The lowest BCUT2D eigenvalue weighted by molar-refractivity contribution is 0.0595. The van der Waals surface area contributed by atoms with Crippen LogP contribution in [0.4, 0.5) is 14.7 Å². The second-order valence-electron chi connectivity index (χ2n) is 7.42. The molecule has 11 heteroatoms. The van der Waals surface area contributed by atoms with Crippen LogP contribution in [0.25, 0.3) is 16.6 Å². The highest BCUT2D eigenvalue weighted by molar-refractivity contribution is 5.93. The van der Waals surface area contributed by atoms with Crippen molar-refractivity contribution in [1.29, 1.82) is 0 Å². The van der Waals surface area contributed by atoms with Crippen molar-refractivity contribution >= 4 is 28.4 Å². The number of nitrogens with zero attached hydrogens (tertiary/aromatic N) is 6. The molecule has 1 aliphatic rings. The van der Waals surface area contributed by atoms with E-state index in [-0.39, 0.29) is 46.1 Å². The first-order chi connectivity index (χ1) is 14.4. The summed E-state index contributed by atoms with van der Waals surface area (Å²) in [5.41, 5.74) is 6.32. The van der Waals surface area contributed by atoms with Crippen LogP contribution in [-0.2, 0) is 0 Å². The molecule has 2 atom stereocenters. The highest BCUT2D eigenvalue weighted by atomic mass is 19.1. The molecule has 0 spiro atoms. The lowest BCUT2D eigenvalue weighted by Crippen LogP contribution is -2.45. The zero-order chi connectivity index (χ0) is 21.0. The summed E-state index contributed by atoms with van der Waals surface area (Å²) < 4.78 is 34.0. The number of hydrogen-bond acceptors (Lipinski definition) is 7. The Labute approximate surface area is 168 Å². The van der Waals surface area contributed by atoms with Gasteiger partial charge in [-0.25, -0.2) is 18.7 Å². The van der Waals surface area contributed by atoms with Crippen LogP contribution in [0.2, 0.25) is 0 Å². The molecule has 9 nitrogen and oxygen atoms in total. The van der Waals surface area contributed by atoms with Crippen molar-refractivity contribution < 1.29 is 18.1 Å². The van der Waals surface area contributed by atoms with E-state index in [0.29, 0.717) is 12.4 Å². The van der Waals surface area contributed by atoms with Gasteiger partial charge in [-0.3, -0.25) is 4.79 Å². The standard InChI is InChI=1S/C19H17F2N7O2/c1-9-2-3-10(8-27(9)18(29)14-4-5-30-26-14)16-24-17-12-6-11(20)7-13(21)15(12)23-19(22)28(17)25-16/h4-7,9-10H,2-3,8H2,1H3,(H2,22,23)/t9-,10+/m0/s1. The van der Waals surface area contributed by atoms with Crippen molar-refractivity contribution in [3.8, 4) is 0 Å². The first kappa shape index (κ1) is 18.4. The molecule has 2 N–H and O–H groups in total. The van der Waals surface area contributed by atoms with Gasteiger partial charge >= 0.3 is 0 Å². The molecule has 1 fully saturated rings. The molecule has 1 amide bonds. The quantitative estimate of drug-likeness (QED) is 0.537. The number of anilines is 1. The molecule has 1 aliphatic heterocycles. The van der Waals surface area contributed by atoms with Crippen LogP contribution in [0.3, 0.4) is 0 Å². The molecule has 0 saturated carbocycles. The van der Waals surface area contributed by atoms with Crippen molar-refractivity contribution in [3.63, 3.8) is 0 Å². The predicted octanol–water partition coefficient (Wildman–Crippen LogP) is 2.53. The Kier molecular flexibility index (Phi) is 4.12. The minimum absolute atomic E-state index is 0.0123. The van der Waals surface area contributed by atoms with Gasteiger partial charge in [-0.2, -0.15) is 4.52 Å². The van der Waals surface area contributed by atoms with Crippen LogP contribution in [0.15, 0.2) is 29.0 Å². The van der Waals surface area contributed by atoms with Gasteiger partial charge in [0.05, 0.1) is 5.39 Å². The average Bonchev–Trinajstić information content (AvgIpc) is 3.39. The summed E-state index contributed by atoms with van der Waals surface area (Å²) in [7, 11) is 0. The van der Waals surface area contributed by atoms with E-state index in [2.05, 4.69) is 20.2 Å². The number of carbonyl (C=O) groups excluding carboxylic acids is 1.